The average Bonchev–Trinajstić information content (AvgIpc) is 3.43. The van der Waals surface area contributed by atoms with Crippen molar-refractivity contribution >= 4 is 17.5 Å². The minimum Gasteiger partial charge on any atom is -0.454 e. The molecule has 1 unspecified atom stereocenters. The van der Waals surface area contributed by atoms with Crippen LogP contribution in [-0.4, -0.2) is 34.3 Å². The van der Waals surface area contributed by atoms with Crippen molar-refractivity contribution in [3.63, 3.8) is 0 Å². The molecule has 2 aliphatic rings. The monoisotopic (exact) mass is 397 g/mol. The molecular weight excluding hydrogens is 382 g/mol. The van der Waals surface area contributed by atoms with Crippen LogP contribution < -0.4 is 9.47 Å². The van der Waals surface area contributed by atoms with Gasteiger partial charge in [-0.1, -0.05) is 28.9 Å². The SMILES string of the molecule is O=C1CC(c2noc(-c3ccc4c(c3)OCO4)n2)CN1Cc1ccc(Cl)cc1. The van der Waals surface area contributed by atoms with Crippen LogP contribution in [0.5, 0.6) is 11.5 Å². The molecule has 5 rings (SSSR count). The van der Waals surface area contributed by atoms with E-state index in [4.69, 9.17) is 25.6 Å². The summed E-state index contributed by atoms with van der Waals surface area (Å²) in [5.74, 6) is 2.28. The highest BCUT2D eigenvalue weighted by Gasteiger charge is 2.33. The number of rotatable bonds is 4. The van der Waals surface area contributed by atoms with E-state index in [9.17, 15) is 4.79 Å². The number of amides is 1. The fraction of sp³-hybridized carbons (Fsp3) is 0.250. The largest absolute Gasteiger partial charge is 0.454 e. The molecule has 1 amide bonds. The van der Waals surface area contributed by atoms with Gasteiger partial charge < -0.3 is 18.9 Å². The molecule has 2 aliphatic heterocycles. The van der Waals surface area contributed by atoms with Crippen molar-refractivity contribution in [2.24, 2.45) is 0 Å². The van der Waals surface area contributed by atoms with E-state index in [-0.39, 0.29) is 18.6 Å². The van der Waals surface area contributed by atoms with Crippen molar-refractivity contribution in [3.05, 3.63) is 58.9 Å². The van der Waals surface area contributed by atoms with Gasteiger partial charge in [-0.05, 0) is 35.9 Å². The highest BCUT2D eigenvalue weighted by molar-refractivity contribution is 6.30. The quantitative estimate of drug-likeness (QED) is 0.669. The van der Waals surface area contributed by atoms with Crippen molar-refractivity contribution in [2.45, 2.75) is 18.9 Å². The fourth-order valence-electron chi connectivity index (χ4n) is 3.46. The highest BCUT2D eigenvalue weighted by atomic mass is 35.5. The Morgan fingerprint density at radius 3 is 2.79 bits per heavy atom. The third kappa shape index (κ3) is 3.18. The Morgan fingerprint density at radius 1 is 1.11 bits per heavy atom. The van der Waals surface area contributed by atoms with Crippen LogP contribution in [0, 0.1) is 0 Å². The highest BCUT2D eigenvalue weighted by Crippen LogP contribution is 2.36. The minimum absolute atomic E-state index is 0.0781. The van der Waals surface area contributed by atoms with Gasteiger partial charge in [-0.2, -0.15) is 4.98 Å². The Labute approximate surface area is 165 Å². The number of aromatic nitrogens is 2. The topological polar surface area (TPSA) is 77.7 Å². The van der Waals surface area contributed by atoms with Crippen LogP contribution in [-0.2, 0) is 11.3 Å². The minimum atomic E-state index is -0.0914. The third-order valence-electron chi connectivity index (χ3n) is 4.93. The predicted molar refractivity (Wildman–Crippen MR) is 100 cm³/mol. The van der Waals surface area contributed by atoms with Crippen molar-refractivity contribution in [3.8, 4) is 23.0 Å². The first-order valence-electron chi connectivity index (χ1n) is 8.91. The number of hydrogen-bond acceptors (Lipinski definition) is 6. The molecule has 0 aliphatic carbocycles. The third-order valence-corrected chi connectivity index (χ3v) is 5.18. The van der Waals surface area contributed by atoms with Gasteiger partial charge in [-0.15, -0.1) is 0 Å². The lowest BCUT2D eigenvalue weighted by Gasteiger charge is -2.16. The number of carbonyl (C=O) groups excluding carboxylic acids is 1. The van der Waals surface area contributed by atoms with Crippen LogP contribution in [0.4, 0.5) is 0 Å². The molecule has 0 N–H and O–H groups in total. The smallest absolute Gasteiger partial charge is 0.258 e. The van der Waals surface area contributed by atoms with Crippen LogP contribution in [0.1, 0.15) is 23.7 Å². The maximum absolute atomic E-state index is 12.4. The maximum Gasteiger partial charge on any atom is 0.258 e. The van der Waals surface area contributed by atoms with Gasteiger partial charge in [0.05, 0.1) is 0 Å². The Hall–Kier alpha value is -3.06. The second-order valence-electron chi connectivity index (χ2n) is 6.83. The summed E-state index contributed by atoms with van der Waals surface area (Å²) in [7, 11) is 0. The Morgan fingerprint density at radius 2 is 1.93 bits per heavy atom. The maximum atomic E-state index is 12.4. The molecule has 0 saturated carbocycles. The second-order valence-corrected chi connectivity index (χ2v) is 7.26. The molecule has 0 radical (unpaired) electrons. The summed E-state index contributed by atoms with van der Waals surface area (Å²) in [6.07, 6.45) is 0.369. The summed E-state index contributed by atoms with van der Waals surface area (Å²) >= 11 is 5.92. The fourth-order valence-corrected chi connectivity index (χ4v) is 3.58. The number of fused-ring (bicyclic) bond motifs is 1. The molecule has 1 aromatic heterocycles. The van der Waals surface area contributed by atoms with Crippen LogP contribution >= 0.6 is 11.6 Å². The normalized spacial score (nSPS) is 18.1. The van der Waals surface area contributed by atoms with Crippen molar-refractivity contribution < 1.29 is 18.8 Å². The summed E-state index contributed by atoms with van der Waals surface area (Å²) in [4.78, 5) is 18.7. The molecule has 28 heavy (non-hydrogen) atoms. The average molecular weight is 398 g/mol. The molecular formula is C20H16ClN3O4. The molecule has 142 valence electrons. The lowest BCUT2D eigenvalue weighted by atomic mass is 10.1. The number of nitrogens with zero attached hydrogens (tertiary/aromatic N) is 3. The molecule has 0 bridgehead atoms. The molecule has 1 atom stereocenters. The first kappa shape index (κ1) is 17.1. The van der Waals surface area contributed by atoms with E-state index in [0.29, 0.717) is 47.7 Å². The van der Waals surface area contributed by atoms with Gasteiger partial charge in [0.25, 0.3) is 5.89 Å². The lowest BCUT2D eigenvalue weighted by molar-refractivity contribution is -0.128. The Bertz CT molecular complexity index is 1030. The summed E-state index contributed by atoms with van der Waals surface area (Å²) < 4.78 is 16.1. The zero-order valence-electron chi connectivity index (χ0n) is 14.8. The van der Waals surface area contributed by atoms with Crippen LogP contribution in [0.3, 0.4) is 0 Å². The van der Waals surface area contributed by atoms with Crippen molar-refractivity contribution in [1.82, 2.24) is 15.0 Å². The van der Waals surface area contributed by atoms with Crippen LogP contribution in [0.2, 0.25) is 5.02 Å². The van der Waals surface area contributed by atoms with Gasteiger partial charge in [-0.25, -0.2) is 0 Å². The van der Waals surface area contributed by atoms with E-state index in [0.717, 1.165) is 11.1 Å². The van der Waals surface area contributed by atoms with E-state index in [1.807, 2.05) is 47.4 Å². The van der Waals surface area contributed by atoms with E-state index in [2.05, 4.69) is 10.1 Å². The number of ether oxygens (including phenoxy) is 2. The van der Waals surface area contributed by atoms with Gasteiger partial charge in [0.15, 0.2) is 17.3 Å². The predicted octanol–water partition coefficient (Wildman–Crippen LogP) is 3.63. The molecule has 1 saturated heterocycles. The number of carbonyl (C=O) groups is 1. The van der Waals surface area contributed by atoms with E-state index in [1.165, 1.54) is 0 Å². The first-order chi connectivity index (χ1) is 13.7. The Balaban J connectivity index is 1.31. The summed E-state index contributed by atoms with van der Waals surface area (Å²) in [6.45, 7) is 1.31. The molecule has 0 spiro atoms. The summed E-state index contributed by atoms with van der Waals surface area (Å²) in [5, 5.41) is 4.78. The standard InChI is InChI=1S/C20H16ClN3O4/c21-15-4-1-12(2-5-15)9-24-10-14(8-18(24)25)19-22-20(28-23-19)13-3-6-16-17(7-13)27-11-26-16/h1-7,14H,8-11H2. The molecule has 2 aromatic carbocycles. The summed E-state index contributed by atoms with van der Waals surface area (Å²) in [5.41, 5.74) is 1.79. The zero-order valence-corrected chi connectivity index (χ0v) is 15.6. The number of likely N-dealkylation sites (tertiary alicyclic amines) is 1. The van der Waals surface area contributed by atoms with Crippen molar-refractivity contribution in [1.29, 1.82) is 0 Å². The van der Waals surface area contributed by atoms with Crippen LogP contribution in [0.25, 0.3) is 11.5 Å². The van der Waals surface area contributed by atoms with Crippen LogP contribution in [0.15, 0.2) is 47.0 Å². The zero-order chi connectivity index (χ0) is 19.1. The molecule has 3 heterocycles. The number of hydrogen-bond donors (Lipinski definition) is 0. The van der Waals surface area contributed by atoms with E-state index in [1.54, 1.807) is 0 Å². The van der Waals surface area contributed by atoms with Gasteiger partial charge in [0, 0.05) is 36.0 Å². The molecule has 3 aromatic rings. The molecule has 7 nitrogen and oxygen atoms in total. The number of benzene rings is 2. The van der Waals surface area contributed by atoms with Gasteiger partial charge in [0.1, 0.15) is 0 Å². The summed E-state index contributed by atoms with van der Waals surface area (Å²) in [6, 6.07) is 13.0. The second kappa shape index (κ2) is 6.83. The van der Waals surface area contributed by atoms with Gasteiger partial charge >= 0.3 is 0 Å². The molecule has 8 heteroatoms. The van der Waals surface area contributed by atoms with E-state index < -0.39 is 0 Å². The van der Waals surface area contributed by atoms with E-state index >= 15 is 0 Å². The number of halogens is 1. The van der Waals surface area contributed by atoms with Gasteiger partial charge in [-0.3, -0.25) is 4.79 Å². The lowest BCUT2D eigenvalue weighted by Crippen LogP contribution is -2.24. The first-order valence-corrected chi connectivity index (χ1v) is 9.29. The van der Waals surface area contributed by atoms with Crippen molar-refractivity contribution in [2.75, 3.05) is 13.3 Å². The molecule has 1 fully saturated rings. The Kier molecular flexibility index (Phi) is 4.16. The van der Waals surface area contributed by atoms with Gasteiger partial charge in [0.2, 0.25) is 12.7 Å².